The highest BCUT2D eigenvalue weighted by Gasteiger charge is 2.50. The predicted octanol–water partition coefficient (Wildman–Crippen LogP) is 1.17. The van der Waals surface area contributed by atoms with E-state index in [4.69, 9.17) is 10.5 Å². The normalized spacial score (nSPS) is 20.5. The van der Waals surface area contributed by atoms with E-state index in [1.54, 1.807) is 31.2 Å². The van der Waals surface area contributed by atoms with Gasteiger partial charge in [0.25, 0.3) is 0 Å². The number of rotatable bonds is 13. The zero-order valence-corrected chi connectivity index (χ0v) is 18.5. The van der Waals surface area contributed by atoms with E-state index >= 15 is 0 Å². The van der Waals surface area contributed by atoms with Crippen LogP contribution in [0, 0.1) is 5.92 Å². The minimum Gasteiger partial charge on any atom is -0.361 e. The second-order valence-corrected chi connectivity index (χ2v) is 8.53. The predicted molar refractivity (Wildman–Crippen MR) is 113 cm³/mol. The van der Waals surface area contributed by atoms with Crippen LogP contribution < -0.4 is 16.4 Å². The van der Waals surface area contributed by atoms with Gasteiger partial charge in [-0.3, -0.25) is 14.4 Å². The number of carbonyl (C=O) groups excluding carboxylic acids is 3. The Morgan fingerprint density at radius 1 is 1.12 bits per heavy atom. The van der Waals surface area contributed by atoms with Crippen molar-refractivity contribution in [1.29, 1.82) is 0 Å². The maximum atomic E-state index is 12.8. The molecule has 8 nitrogen and oxygen atoms in total. The van der Waals surface area contributed by atoms with Crippen molar-refractivity contribution in [2.24, 2.45) is 11.7 Å². The van der Waals surface area contributed by atoms with Gasteiger partial charge in [0.2, 0.25) is 11.8 Å². The van der Waals surface area contributed by atoms with Gasteiger partial charge >= 0.3 is 6.61 Å². The van der Waals surface area contributed by atoms with Crippen molar-refractivity contribution in [3.63, 3.8) is 0 Å². The molecule has 10 heteroatoms. The summed E-state index contributed by atoms with van der Waals surface area (Å²) in [7, 11) is 0. The van der Waals surface area contributed by atoms with Crippen LogP contribution in [0.3, 0.4) is 0 Å². The van der Waals surface area contributed by atoms with Gasteiger partial charge in [-0.25, -0.2) is 0 Å². The van der Waals surface area contributed by atoms with E-state index in [0.717, 1.165) is 5.56 Å². The van der Waals surface area contributed by atoms with Crippen LogP contribution >= 0.6 is 0 Å². The van der Waals surface area contributed by atoms with Crippen molar-refractivity contribution >= 4 is 17.6 Å². The summed E-state index contributed by atoms with van der Waals surface area (Å²) in [6.45, 7) is 1.72. The summed E-state index contributed by atoms with van der Waals surface area (Å²) in [5.74, 6) is -1.75. The third kappa shape index (κ3) is 7.92. The van der Waals surface area contributed by atoms with Crippen LogP contribution in [0.1, 0.15) is 32.8 Å². The number of hydrogen-bond donors (Lipinski definition) is 3. The van der Waals surface area contributed by atoms with Gasteiger partial charge in [-0.15, -0.1) is 0 Å². The fourth-order valence-corrected chi connectivity index (χ4v) is 3.19. The fraction of sp³-hybridized carbons (Fsp3) is 0.591. The molecule has 0 aliphatic carbocycles. The third-order valence-corrected chi connectivity index (χ3v) is 5.10. The fourth-order valence-electron chi connectivity index (χ4n) is 3.19. The molecule has 0 saturated carbocycles. The molecule has 32 heavy (non-hydrogen) atoms. The molecule has 0 spiro atoms. The first-order valence-corrected chi connectivity index (χ1v) is 10.5. The number of amides is 2. The Labute approximate surface area is 186 Å². The lowest BCUT2D eigenvalue weighted by atomic mass is 9.93. The molecule has 1 aliphatic heterocycles. The summed E-state index contributed by atoms with van der Waals surface area (Å²) in [4.78, 5) is 38.1. The lowest BCUT2D eigenvalue weighted by molar-refractivity contribution is -0.148. The van der Waals surface area contributed by atoms with Gasteiger partial charge in [-0.2, -0.15) is 8.78 Å². The Morgan fingerprint density at radius 3 is 2.25 bits per heavy atom. The smallest absolute Gasteiger partial charge is 0.345 e. The number of alkyl halides is 2. The van der Waals surface area contributed by atoms with Crippen LogP contribution in [-0.2, 0) is 30.3 Å². The summed E-state index contributed by atoms with van der Waals surface area (Å²) in [5.41, 5.74) is 5.77. The Kier molecular flexibility index (Phi) is 9.23. The van der Waals surface area contributed by atoms with Crippen molar-refractivity contribution in [2.45, 2.75) is 64.0 Å². The maximum absolute atomic E-state index is 12.8. The molecule has 1 aromatic carbocycles. The van der Waals surface area contributed by atoms with Gasteiger partial charge in [0, 0.05) is 0 Å². The Balaban J connectivity index is 2.06. The zero-order valence-electron chi connectivity index (χ0n) is 18.5. The highest BCUT2D eigenvalue weighted by molar-refractivity contribution is 5.98. The van der Waals surface area contributed by atoms with Crippen molar-refractivity contribution < 1.29 is 32.6 Å². The lowest BCUT2D eigenvalue weighted by Gasteiger charge is -2.25. The van der Waals surface area contributed by atoms with Crippen LogP contribution in [0.5, 0.6) is 0 Å². The lowest BCUT2D eigenvalue weighted by Crippen LogP contribution is -2.57. The maximum Gasteiger partial charge on any atom is 0.345 e. The molecule has 2 rings (SSSR count). The molecule has 0 aromatic heterocycles. The number of benzene rings is 1. The van der Waals surface area contributed by atoms with Crippen LogP contribution in [-0.4, -0.2) is 61.1 Å². The topological polar surface area (TPSA) is 123 Å². The molecule has 1 heterocycles. The average Bonchev–Trinajstić information content (AvgIpc) is 3.48. The van der Waals surface area contributed by atoms with Crippen LogP contribution in [0.4, 0.5) is 8.78 Å². The van der Waals surface area contributed by atoms with Crippen molar-refractivity contribution in [1.82, 2.24) is 10.6 Å². The monoisotopic (exact) mass is 455 g/mol. The number of ketones is 1. The number of epoxide rings is 1. The number of nitrogens with one attached hydrogen (secondary N) is 2. The molecule has 4 N–H and O–H groups in total. The van der Waals surface area contributed by atoms with E-state index in [9.17, 15) is 23.2 Å². The molecule has 1 aromatic rings. The highest BCUT2D eigenvalue weighted by atomic mass is 19.3. The standard InChI is InChI=1S/C22H31F2N3O5/c1-13(2)9-16(18(28)22(3)12-32-22)26-20(30)17(11-31-21(23)24)27-19(29)15(25)10-14-7-5-4-6-8-14/h4-8,13,15-17,21H,9-12,25H2,1-3H3,(H,26,30)(H,27,29)/t15-,16-,17-,22+/m0/s1. The molecule has 1 saturated heterocycles. The molecular formula is C22H31F2N3O5. The molecule has 1 aliphatic rings. The van der Waals surface area contributed by atoms with Gasteiger partial charge < -0.3 is 25.8 Å². The van der Waals surface area contributed by atoms with E-state index in [1.165, 1.54) is 0 Å². The van der Waals surface area contributed by atoms with E-state index in [-0.39, 0.29) is 24.7 Å². The van der Waals surface area contributed by atoms with Crippen molar-refractivity contribution in [3.8, 4) is 0 Å². The molecule has 0 unspecified atom stereocenters. The molecule has 178 valence electrons. The number of nitrogens with two attached hydrogens (primary N) is 1. The summed E-state index contributed by atoms with van der Waals surface area (Å²) in [6, 6.07) is 5.64. The quantitative estimate of drug-likeness (QED) is 0.384. The zero-order chi connectivity index (χ0) is 23.9. The largest absolute Gasteiger partial charge is 0.361 e. The molecule has 0 radical (unpaired) electrons. The Morgan fingerprint density at radius 2 is 1.72 bits per heavy atom. The first kappa shape index (κ1) is 25.8. The molecular weight excluding hydrogens is 424 g/mol. The third-order valence-electron chi connectivity index (χ3n) is 5.10. The van der Waals surface area contributed by atoms with E-state index in [0.29, 0.717) is 6.42 Å². The van der Waals surface area contributed by atoms with E-state index < -0.39 is 48.8 Å². The van der Waals surface area contributed by atoms with Crippen molar-refractivity contribution in [3.05, 3.63) is 35.9 Å². The van der Waals surface area contributed by atoms with Gasteiger partial charge in [-0.1, -0.05) is 44.2 Å². The number of Topliss-reactive ketones (excluding diaryl/α,β-unsaturated/α-hetero) is 1. The van der Waals surface area contributed by atoms with Gasteiger partial charge in [-0.05, 0) is 31.2 Å². The molecule has 0 bridgehead atoms. The summed E-state index contributed by atoms with van der Waals surface area (Å²) in [6.07, 6.45) is 0.522. The van der Waals surface area contributed by atoms with E-state index in [1.807, 2.05) is 19.9 Å². The Hall–Kier alpha value is -2.43. The SMILES string of the molecule is CC(C)C[C@H](NC(=O)[C@H](COC(F)F)NC(=O)[C@@H](N)Cc1ccccc1)C(=O)[C@@]1(C)CO1. The number of hydrogen-bond acceptors (Lipinski definition) is 6. The molecule has 1 fully saturated rings. The summed E-state index contributed by atoms with van der Waals surface area (Å²) in [5, 5.41) is 4.93. The van der Waals surface area contributed by atoms with Crippen LogP contribution in [0.2, 0.25) is 0 Å². The minimum atomic E-state index is -3.13. The molecule has 4 atom stereocenters. The summed E-state index contributed by atoms with van der Waals surface area (Å²) >= 11 is 0. The second-order valence-electron chi connectivity index (χ2n) is 8.53. The van der Waals surface area contributed by atoms with Gasteiger partial charge in [0.05, 0.1) is 25.3 Å². The first-order chi connectivity index (χ1) is 15.0. The summed E-state index contributed by atoms with van der Waals surface area (Å²) < 4.78 is 34.7. The Bertz CT molecular complexity index is 787. The van der Waals surface area contributed by atoms with Gasteiger partial charge in [0.1, 0.15) is 11.6 Å². The average molecular weight is 456 g/mol. The number of halogens is 2. The van der Waals surface area contributed by atoms with Crippen LogP contribution in [0.25, 0.3) is 0 Å². The number of ether oxygens (including phenoxy) is 2. The molecule has 2 amide bonds. The van der Waals surface area contributed by atoms with E-state index in [2.05, 4.69) is 15.4 Å². The minimum absolute atomic E-state index is 0.0660. The second kappa shape index (κ2) is 11.4. The van der Waals surface area contributed by atoms with Crippen molar-refractivity contribution in [2.75, 3.05) is 13.2 Å². The highest BCUT2D eigenvalue weighted by Crippen LogP contribution is 2.29. The first-order valence-electron chi connectivity index (χ1n) is 10.5. The number of carbonyl (C=O) groups is 3. The van der Waals surface area contributed by atoms with Gasteiger partial charge in [0.15, 0.2) is 5.78 Å². The van der Waals surface area contributed by atoms with Crippen LogP contribution in [0.15, 0.2) is 30.3 Å².